The Morgan fingerprint density at radius 2 is 2.05 bits per heavy atom. The molecule has 7 heteroatoms. The van der Waals surface area contributed by atoms with Crippen LogP contribution in [0.25, 0.3) is 0 Å². The predicted molar refractivity (Wildman–Crippen MR) is 82.4 cm³/mol. The van der Waals surface area contributed by atoms with Gasteiger partial charge in [-0.15, -0.1) is 0 Å². The van der Waals surface area contributed by atoms with Crippen LogP contribution in [0.5, 0.6) is 0 Å². The van der Waals surface area contributed by atoms with E-state index < -0.39 is 0 Å². The number of carbonyl (C=O) groups is 1. The van der Waals surface area contributed by atoms with Crippen LogP contribution in [0, 0.1) is 0 Å². The van der Waals surface area contributed by atoms with Crippen LogP contribution in [0.3, 0.4) is 0 Å². The molecular weight excluding hydrogens is 313 g/mol. The molecule has 0 unspecified atom stereocenters. The molecule has 1 N–H and O–H groups in total. The Kier molecular flexibility index (Phi) is 3.55. The van der Waals surface area contributed by atoms with Crippen molar-refractivity contribution in [3.05, 3.63) is 50.6 Å². The molecule has 0 bridgehead atoms. The zero-order valence-electron chi connectivity index (χ0n) is 11.3. The number of hydrogen-bond acceptors (Lipinski definition) is 2. The van der Waals surface area contributed by atoms with Crippen molar-refractivity contribution >= 4 is 34.8 Å². The molecule has 0 atom stereocenters. The second kappa shape index (κ2) is 5.24. The van der Waals surface area contributed by atoms with E-state index >= 15 is 0 Å². The zero-order valence-corrected chi connectivity index (χ0v) is 12.8. The first-order chi connectivity index (χ1) is 9.97. The molecule has 0 radical (unpaired) electrons. The van der Waals surface area contributed by atoms with Crippen LogP contribution >= 0.6 is 23.2 Å². The van der Waals surface area contributed by atoms with Crippen LogP contribution in [0.1, 0.15) is 29.4 Å². The van der Waals surface area contributed by atoms with E-state index in [1.165, 1.54) is 16.7 Å². The summed E-state index contributed by atoms with van der Waals surface area (Å²) in [6.45, 7) is 0. The van der Waals surface area contributed by atoms with Gasteiger partial charge in [-0.3, -0.25) is 9.59 Å². The van der Waals surface area contributed by atoms with Gasteiger partial charge in [0.15, 0.2) is 0 Å². The lowest BCUT2D eigenvalue weighted by Gasteiger charge is -2.09. The fourth-order valence-electron chi connectivity index (χ4n) is 2.17. The van der Waals surface area contributed by atoms with E-state index in [1.807, 2.05) is 0 Å². The molecule has 2 heterocycles. The Balaban J connectivity index is 1.86. The number of pyridine rings is 1. The average Bonchev–Trinajstić information content (AvgIpc) is 3.25. The van der Waals surface area contributed by atoms with Gasteiger partial charge >= 0.3 is 0 Å². The van der Waals surface area contributed by atoms with Crippen LogP contribution in [0.4, 0.5) is 5.69 Å². The minimum atomic E-state index is -0.327. The van der Waals surface area contributed by atoms with E-state index in [2.05, 4.69) is 5.32 Å². The molecule has 1 aliphatic carbocycles. The number of hydrogen-bond donors (Lipinski definition) is 1. The molecule has 21 heavy (non-hydrogen) atoms. The van der Waals surface area contributed by atoms with Crippen molar-refractivity contribution in [2.24, 2.45) is 7.05 Å². The summed E-state index contributed by atoms with van der Waals surface area (Å²) in [6.07, 6.45) is 3.67. The topological polar surface area (TPSA) is 56.0 Å². The molecule has 0 spiro atoms. The standard InChI is InChI=1S/C14H13Cl2N3O2/c1-18-11(6-10(15)13(18)16)14(21)17-8-2-5-12(20)19(7-8)9-3-4-9/h2,5-7,9H,3-4H2,1H3,(H,17,21). The third-order valence-corrected chi connectivity index (χ3v) is 4.33. The molecule has 1 fully saturated rings. The van der Waals surface area contributed by atoms with Gasteiger partial charge in [0.2, 0.25) is 0 Å². The van der Waals surface area contributed by atoms with Crippen LogP contribution in [-0.2, 0) is 7.05 Å². The molecule has 0 aliphatic heterocycles. The zero-order chi connectivity index (χ0) is 15.1. The molecule has 1 amide bonds. The first-order valence-electron chi connectivity index (χ1n) is 6.51. The van der Waals surface area contributed by atoms with Crippen molar-refractivity contribution in [3.63, 3.8) is 0 Å². The maximum absolute atomic E-state index is 12.2. The monoisotopic (exact) mass is 325 g/mol. The summed E-state index contributed by atoms with van der Waals surface area (Å²) >= 11 is 11.8. The van der Waals surface area contributed by atoms with E-state index in [0.717, 1.165) is 12.8 Å². The van der Waals surface area contributed by atoms with Gasteiger partial charge in [-0.25, -0.2) is 0 Å². The summed E-state index contributed by atoms with van der Waals surface area (Å²) in [5.41, 5.74) is 0.870. The lowest BCUT2D eigenvalue weighted by atomic mass is 10.3. The van der Waals surface area contributed by atoms with Gasteiger partial charge in [0, 0.05) is 25.4 Å². The highest BCUT2D eigenvalue weighted by molar-refractivity contribution is 6.42. The van der Waals surface area contributed by atoms with Crippen molar-refractivity contribution in [1.82, 2.24) is 9.13 Å². The molecule has 1 saturated carbocycles. The largest absolute Gasteiger partial charge is 0.329 e. The lowest BCUT2D eigenvalue weighted by Crippen LogP contribution is -2.20. The summed E-state index contributed by atoms with van der Waals surface area (Å²) in [6, 6.07) is 4.81. The van der Waals surface area contributed by atoms with Crippen molar-refractivity contribution in [3.8, 4) is 0 Å². The highest BCUT2D eigenvalue weighted by Crippen LogP contribution is 2.33. The van der Waals surface area contributed by atoms with Crippen LogP contribution < -0.4 is 10.9 Å². The minimum absolute atomic E-state index is 0.0551. The third kappa shape index (κ3) is 2.71. The Morgan fingerprint density at radius 3 is 2.62 bits per heavy atom. The van der Waals surface area contributed by atoms with Gasteiger partial charge < -0.3 is 14.5 Å². The van der Waals surface area contributed by atoms with Gasteiger partial charge in [-0.1, -0.05) is 23.2 Å². The third-order valence-electron chi connectivity index (χ3n) is 3.49. The molecule has 0 saturated heterocycles. The van der Waals surface area contributed by atoms with Crippen molar-refractivity contribution in [2.75, 3.05) is 5.32 Å². The van der Waals surface area contributed by atoms with Crippen molar-refractivity contribution in [1.29, 1.82) is 0 Å². The fraction of sp³-hybridized carbons (Fsp3) is 0.286. The number of nitrogens with one attached hydrogen (secondary N) is 1. The minimum Gasteiger partial charge on any atom is -0.329 e. The van der Waals surface area contributed by atoms with Gasteiger partial charge in [0.25, 0.3) is 11.5 Å². The smallest absolute Gasteiger partial charge is 0.272 e. The summed E-state index contributed by atoms with van der Waals surface area (Å²) in [5, 5.41) is 3.39. The fourth-order valence-corrected chi connectivity index (χ4v) is 2.55. The Hall–Kier alpha value is -1.72. The highest BCUT2D eigenvalue weighted by atomic mass is 35.5. The Morgan fingerprint density at radius 1 is 1.33 bits per heavy atom. The molecule has 1 aliphatic rings. The number of halogens is 2. The van der Waals surface area contributed by atoms with Gasteiger partial charge in [0.1, 0.15) is 10.8 Å². The molecule has 3 rings (SSSR count). The van der Waals surface area contributed by atoms with Gasteiger partial charge in [-0.05, 0) is 25.0 Å². The van der Waals surface area contributed by atoms with E-state index in [-0.39, 0.29) is 17.5 Å². The van der Waals surface area contributed by atoms with Crippen molar-refractivity contribution < 1.29 is 4.79 Å². The second-order valence-electron chi connectivity index (χ2n) is 5.08. The average molecular weight is 326 g/mol. The van der Waals surface area contributed by atoms with Crippen molar-refractivity contribution in [2.45, 2.75) is 18.9 Å². The van der Waals surface area contributed by atoms with E-state index in [4.69, 9.17) is 23.2 Å². The van der Waals surface area contributed by atoms with E-state index in [0.29, 0.717) is 21.6 Å². The summed E-state index contributed by atoms with van der Waals surface area (Å²) in [7, 11) is 1.66. The molecule has 110 valence electrons. The van der Waals surface area contributed by atoms with Crippen LogP contribution in [-0.4, -0.2) is 15.0 Å². The summed E-state index contributed by atoms with van der Waals surface area (Å²) in [5.74, 6) is -0.327. The molecule has 5 nitrogen and oxygen atoms in total. The highest BCUT2D eigenvalue weighted by Gasteiger charge is 2.24. The van der Waals surface area contributed by atoms with Gasteiger partial charge in [0.05, 0.1) is 10.7 Å². The number of amides is 1. The number of nitrogens with zero attached hydrogens (tertiary/aromatic N) is 2. The van der Waals surface area contributed by atoms with Gasteiger partial charge in [-0.2, -0.15) is 0 Å². The number of rotatable bonds is 3. The van der Waals surface area contributed by atoms with Crippen LogP contribution in [0.2, 0.25) is 10.2 Å². The molecule has 0 aromatic carbocycles. The first kappa shape index (κ1) is 14.2. The normalized spacial score (nSPS) is 14.2. The maximum Gasteiger partial charge on any atom is 0.272 e. The predicted octanol–water partition coefficient (Wildman–Crippen LogP) is 3.08. The molecule has 2 aromatic rings. The quantitative estimate of drug-likeness (QED) is 0.942. The Bertz CT molecular complexity index is 775. The number of carbonyl (C=O) groups excluding carboxylic acids is 1. The number of anilines is 1. The summed E-state index contributed by atoms with van der Waals surface area (Å²) < 4.78 is 3.16. The van der Waals surface area contributed by atoms with Crippen LogP contribution in [0.15, 0.2) is 29.2 Å². The summed E-state index contributed by atoms with van der Waals surface area (Å²) in [4.78, 5) is 24.0. The second-order valence-corrected chi connectivity index (χ2v) is 5.84. The lowest BCUT2D eigenvalue weighted by molar-refractivity contribution is 0.101. The first-order valence-corrected chi connectivity index (χ1v) is 7.27. The van der Waals surface area contributed by atoms with E-state index in [1.54, 1.807) is 23.9 Å². The molecule has 2 aromatic heterocycles. The Labute approximate surface area is 131 Å². The van der Waals surface area contributed by atoms with E-state index in [9.17, 15) is 9.59 Å². The molecular formula is C14H13Cl2N3O2. The SMILES string of the molecule is Cn1c(C(=O)Nc2ccc(=O)n(C3CC3)c2)cc(Cl)c1Cl. The maximum atomic E-state index is 12.2. The number of aromatic nitrogens is 2.